The van der Waals surface area contributed by atoms with Gasteiger partial charge in [0, 0.05) is 38.5 Å². The molecule has 238 valence electrons. The molecule has 0 N–H and O–H groups in total. The van der Waals surface area contributed by atoms with E-state index in [-0.39, 0.29) is 10.8 Å². The molecule has 8 aromatic rings. The number of fused-ring (bicyclic) bond motifs is 6. The number of aromatic nitrogens is 4. The Morgan fingerprint density at radius 3 is 1.67 bits per heavy atom. The van der Waals surface area contributed by atoms with Gasteiger partial charge in [0.15, 0.2) is 17.5 Å². The Hall–Kier alpha value is -5.61. The van der Waals surface area contributed by atoms with E-state index >= 15 is 0 Å². The van der Waals surface area contributed by atoms with Gasteiger partial charge in [-0.25, -0.2) is 15.0 Å². The van der Waals surface area contributed by atoms with Crippen molar-refractivity contribution >= 4 is 32.6 Å². The van der Waals surface area contributed by atoms with Crippen molar-refractivity contribution < 1.29 is 0 Å². The van der Waals surface area contributed by atoms with Crippen molar-refractivity contribution in [2.75, 3.05) is 0 Å². The molecule has 0 saturated carbocycles. The van der Waals surface area contributed by atoms with Gasteiger partial charge in [0.25, 0.3) is 0 Å². The van der Waals surface area contributed by atoms with Crippen LogP contribution in [-0.2, 0) is 10.8 Å². The molecule has 1 aliphatic rings. The molecule has 0 bridgehead atoms. The molecule has 0 fully saturated rings. The molecule has 0 spiro atoms. The Morgan fingerprint density at radius 1 is 0.469 bits per heavy atom. The first kappa shape index (κ1) is 29.5. The lowest BCUT2D eigenvalue weighted by Crippen LogP contribution is -2.33. The SMILES string of the molecule is CC1(C)CCC(C)(C)c2cc3c(cc21)c1ccc2ccccc2c1n3-c1cccc(-c2nc(-c3ccccc3)nc(-c3ccccc3)n2)c1. The van der Waals surface area contributed by atoms with Gasteiger partial charge >= 0.3 is 0 Å². The summed E-state index contributed by atoms with van der Waals surface area (Å²) in [6, 6.07) is 47.4. The lowest BCUT2D eigenvalue weighted by Gasteiger charge is -2.42. The highest BCUT2D eigenvalue weighted by Crippen LogP contribution is 2.49. The minimum Gasteiger partial charge on any atom is -0.309 e. The van der Waals surface area contributed by atoms with Crippen molar-refractivity contribution in [1.82, 2.24) is 19.5 Å². The summed E-state index contributed by atoms with van der Waals surface area (Å²) in [5.41, 5.74) is 9.57. The normalized spacial score (nSPS) is 15.1. The fraction of sp³-hybridized carbons (Fsp3) is 0.178. The van der Waals surface area contributed by atoms with Crippen LogP contribution < -0.4 is 0 Å². The van der Waals surface area contributed by atoms with E-state index in [9.17, 15) is 0 Å². The first-order chi connectivity index (χ1) is 23.8. The molecule has 0 aliphatic heterocycles. The molecule has 1 aliphatic carbocycles. The van der Waals surface area contributed by atoms with E-state index in [1.54, 1.807) is 0 Å². The minimum atomic E-state index is 0.0940. The summed E-state index contributed by atoms with van der Waals surface area (Å²) in [6.45, 7) is 9.64. The molecule has 4 nitrogen and oxygen atoms in total. The predicted octanol–water partition coefficient (Wildman–Crippen LogP) is 11.5. The molecular weight excluding hydrogens is 597 g/mol. The number of hydrogen-bond donors (Lipinski definition) is 0. The molecule has 9 rings (SSSR count). The highest BCUT2D eigenvalue weighted by Gasteiger charge is 2.38. The van der Waals surface area contributed by atoms with Crippen LogP contribution in [0.25, 0.3) is 72.4 Å². The minimum absolute atomic E-state index is 0.0940. The van der Waals surface area contributed by atoms with E-state index in [4.69, 9.17) is 15.0 Å². The average Bonchev–Trinajstić information content (AvgIpc) is 3.48. The van der Waals surface area contributed by atoms with Crippen LogP contribution in [0, 0.1) is 0 Å². The van der Waals surface area contributed by atoms with E-state index < -0.39 is 0 Å². The maximum absolute atomic E-state index is 5.06. The summed E-state index contributed by atoms with van der Waals surface area (Å²) in [6.07, 6.45) is 2.36. The number of nitrogens with zero attached hydrogens (tertiary/aromatic N) is 4. The van der Waals surface area contributed by atoms with Gasteiger partial charge in [-0.05, 0) is 64.5 Å². The van der Waals surface area contributed by atoms with Gasteiger partial charge in [0.2, 0.25) is 0 Å². The fourth-order valence-electron chi connectivity index (χ4n) is 7.83. The maximum atomic E-state index is 5.06. The fourth-order valence-corrected chi connectivity index (χ4v) is 7.83. The number of rotatable bonds is 4. The molecular formula is C45H38N4. The number of hydrogen-bond acceptors (Lipinski definition) is 3. The van der Waals surface area contributed by atoms with E-state index in [1.165, 1.54) is 56.5 Å². The van der Waals surface area contributed by atoms with Gasteiger partial charge < -0.3 is 4.57 Å². The van der Waals surface area contributed by atoms with Crippen molar-refractivity contribution in [3.05, 3.63) is 145 Å². The summed E-state index contributed by atoms with van der Waals surface area (Å²) >= 11 is 0. The van der Waals surface area contributed by atoms with Crippen molar-refractivity contribution in [2.45, 2.75) is 51.4 Å². The van der Waals surface area contributed by atoms with Crippen LogP contribution in [0.4, 0.5) is 0 Å². The van der Waals surface area contributed by atoms with Gasteiger partial charge in [-0.1, -0.05) is 137 Å². The summed E-state index contributed by atoms with van der Waals surface area (Å²) in [7, 11) is 0. The first-order valence-electron chi connectivity index (χ1n) is 17.3. The van der Waals surface area contributed by atoms with Crippen LogP contribution in [0.1, 0.15) is 51.7 Å². The quantitative estimate of drug-likeness (QED) is 0.193. The molecule has 0 unspecified atom stereocenters. The molecule has 0 radical (unpaired) electrons. The third-order valence-electron chi connectivity index (χ3n) is 10.7. The van der Waals surface area contributed by atoms with E-state index in [0.717, 1.165) is 22.4 Å². The van der Waals surface area contributed by atoms with Gasteiger partial charge in [-0.15, -0.1) is 0 Å². The lowest BCUT2D eigenvalue weighted by atomic mass is 9.63. The predicted molar refractivity (Wildman–Crippen MR) is 203 cm³/mol. The number of benzene rings is 6. The summed E-state index contributed by atoms with van der Waals surface area (Å²) in [5, 5.41) is 5.06. The molecule has 0 atom stereocenters. The van der Waals surface area contributed by atoms with E-state index in [1.807, 2.05) is 36.4 Å². The molecule has 0 amide bonds. The lowest BCUT2D eigenvalue weighted by molar-refractivity contribution is 0.332. The maximum Gasteiger partial charge on any atom is 0.164 e. The van der Waals surface area contributed by atoms with Gasteiger partial charge in [-0.2, -0.15) is 0 Å². The summed E-state index contributed by atoms with van der Waals surface area (Å²) < 4.78 is 2.48. The van der Waals surface area contributed by atoms with Crippen LogP contribution in [0.2, 0.25) is 0 Å². The Bertz CT molecular complexity index is 2480. The van der Waals surface area contributed by atoms with Gasteiger partial charge in [0.1, 0.15) is 0 Å². The zero-order valence-electron chi connectivity index (χ0n) is 28.4. The van der Waals surface area contributed by atoms with Gasteiger partial charge in [0.05, 0.1) is 11.0 Å². The molecule has 6 aromatic carbocycles. The third-order valence-corrected chi connectivity index (χ3v) is 10.7. The van der Waals surface area contributed by atoms with Crippen LogP contribution in [-0.4, -0.2) is 19.5 Å². The molecule has 49 heavy (non-hydrogen) atoms. The second-order valence-electron chi connectivity index (χ2n) is 14.8. The standard InChI is InChI=1S/C45H38N4/c1-44(2)24-25-45(3,4)38-28-39-36(27-37(38)44)35-23-22-29-14-11-12-21-34(29)40(35)49(39)33-20-13-19-32(26-33)43-47-41(30-15-7-5-8-16-30)46-42(48-43)31-17-9-6-10-18-31/h5-23,26-28H,24-25H2,1-4H3. The monoisotopic (exact) mass is 634 g/mol. The second kappa shape index (κ2) is 11.0. The molecule has 2 aromatic heterocycles. The van der Waals surface area contributed by atoms with Crippen LogP contribution >= 0.6 is 0 Å². The molecule has 2 heterocycles. The second-order valence-corrected chi connectivity index (χ2v) is 14.8. The molecule has 0 saturated heterocycles. The molecule has 4 heteroatoms. The highest BCUT2D eigenvalue weighted by molar-refractivity contribution is 6.19. The Morgan fingerprint density at radius 2 is 1.02 bits per heavy atom. The summed E-state index contributed by atoms with van der Waals surface area (Å²) in [4.78, 5) is 15.0. The van der Waals surface area contributed by atoms with Crippen LogP contribution in [0.15, 0.2) is 133 Å². The summed E-state index contributed by atoms with van der Waals surface area (Å²) in [5.74, 6) is 1.98. The Labute approximate surface area is 287 Å². The van der Waals surface area contributed by atoms with Gasteiger partial charge in [-0.3, -0.25) is 0 Å². The average molecular weight is 635 g/mol. The first-order valence-corrected chi connectivity index (χ1v) is 17.3. The van der Waals surface area contributed by atoms with Crippen molar-refractivity contribution in [2.24, 2.45) is 0 Å². The zero-order chi connectivity index (χ0) is 33.3. The Balaban J connectivity index is 1.32. The largest absolute Gasteiger partial charge is 0.309 e. The van der Waals surface area contributed by atoms with Crippen molar-refractivity contribution in [3.63, 3.8) is 0 Å². The van der Waals surface area contributed by atoms with Crippen LogP contribution in [0.5, 0.6) is 0 Å². The van der Waals surface area contributed by atoms with E-state index in [0.29, 0.717) is 17.5 Å². The van der Waals surface area contributed by atoms with E-state index in [2.05, 4.69) is 129 Å². The Kier molecular flexibility index (Phi) is 6.61. The van der Waals surface area contributed by atoms with Crippen LogP contribution in [0.3, 0.4) is 0 Å². The zero-order valence-corrected chi connectivity index (χ0v) is 28.4. The third kappa shape index (κ3) is 4.85. The highest BCUT2D eigenvalue weighted by atomic mass is 15.0. The van der Waals surface area contributed by atoms with Crippen molar-refractivity contribution in [1.29, 1.82) is 0 Å². The topological polar surface area (TPSA) is 43.6 Å². The van der Waals surface area contributed by atoms with Crippen molar-refractivity contribution in [3.8, 4) is 39.9 Å². The smallest absolute Gasteiger partial charge is 0.164 e.